The summed E-state index contributed by atoms with van der Waals surface area (Å²) >= 11 is 0. The van der Waals surface area contributed by atoms with Crippen molar-refractivity contribution < 1.29 is 18.4 Å². The van der Waals surface area contributed by atoms with E-state index in [2.05, 4.69) is 15.1 Å². The smallest absolute Gasteiger partial charge is 0.287 e. The summed E-state index contributed by atoms with van der Waals surface area (Å²) in [7, 11) is 0. The first-order chi connectivity index (χ1) is 13.7. The molecule has 3 aromatic heterocycles. The van der Waals surface area contributed by atoms with Gasteiger partial charge in [0.1, 0.15) is 5.69 Å². The molecule has 150 valence electrons. The molecule has 4 heterocycles. The number of primary amides is 1. The van der Waals surface area contributed by atoms with Crippen LogP contribution in [-0.2, 0) is 17.1 Å². The van der Waals surface area contributed by atoms with Gasteiger partial charge in [-0.1, -0.05) is 6.07 Å². The molecule has 1 saturated heterocycles. The molecule has 29 heavy (non-hydrogen) atoms. The van der Waals surface area contributed by atoms with Crippen molar-refractivity contribution in [3.05, 3.63) is 47.5 Å². The van der Waals surface area contributed by atoms with Gasteiger partial charge in [0.15, 0.2) is 11.5 Å². The zero-order valence-corrected chi connectivity index (χ0v) is 15.6. The number of rotatable bonds is 5. The van der Waals surface area contributed by atoms with Gasteiger partial charge in [0.05, 0.1) is 23.0 Å². The minimum Gasteiger partial charge on any atom is -0.369 e. The molecule has 2 N–H and O–H groups in total. The topological polar surface area (TPSA) is 107 Å². The van der Waals surface area contributed by atoms with Crippen LogP contribution in [0.3, 0.4) is 0 Å². The monoisotopic (exact) mass is 400 g/mol. The average molecular weight is 400 g/mol. The van der Waals surface area contributed by atoms with E-state index in [0.29, 0.717) is 29.7 Å². The number of halogens is 2. The Balaban J connectivity index is 1.89. The highest BCUT2D eigenvalue weighted by Crippen LogP contribution is 2.28. The summed E-state index contributed by atoms with van der Waals surface area (Å²) in [6.07, 6.45) is 2.26. The van der Waals surface area contributed by atoms with Crippen LogP contribution in [0.25, 0.3) is 16.7 Å². The molecular formula is C19H18F2N6O2. The van der Waals surface area contributed by atoms with E-state index in [1.807, 2.05) is 0 Å². The van der Waals surface area contributed by atoms with E-state index in [4.69, 9.17) is 5.73 Å². The van der Waals surface area contributed by atoms with Gasteiger partial charge in [0.25, 0.3) is 11.8 Å². The maximum Gasteiger partial charge on any atom is 0.287 e. The van der Waals surface area contributed by atoms with Gasteiger partial charge in [0, 0.05) is 26.2 Å². The first-order valence-electron chi connectivity index (χ1n) is 9.05. The summed E-state index contributed by atoms with van der Waals surface area (Å²) < 4.78 is 28.8. The number of hydrogen-bond acceptors (Lipinski definition) is 5. The molecule has 1 aliphatic rings. The van der Waals surface area contributed by atoms with Gasteiger partial charge in [0.2, 0.25) is 5.91 Å². The normalized spacial score (nSPS) is 14.1. The van der Waals surface area contributed by atoms with E-state index in [0.717, 1.165) is 13.3 Å². The van der Waals surface area contributed by atoms with E-state index >= 15 is 0 Å². The van der Waals surface area contributed by atoms with Crippen LogP contribution in [0, 0.1) is 0 Å². The van der Waals surface area contributed by atoms with Crippen molar-refractivity contribution in [2.45, 2.75) is 25.7 Å². The zero-order chi connectivity index (χ0) is 20.8. The number of carbonyl (C=O) groups is 2. The Kier molecular flexibility index (Phi) is 4.48. The maximum absolute atomic E-state index is 13.8. The third-order valence-electron chi connectivity index (χ3n) is 4.72. The lowest BCUT2D eigenvalue weighted by Gasteiger charge is -2.30. The fourth-order valence-corrected chi connectivity index (χ4v) is 3.11. The molecule has 0 aliphatic carbocycles. The van der Waals surface area contributed by atoms with Gasteiger partial charge < -0.3 is 10.6 Å². The average Bonchev–Trinajstić information content (AvgIpc) is 2.98. The lowest BCUT2D eigenvalue weighted by atomic mass is 10.1. The number of nitrogens with two attached hydrogens (primary N) is 1. The van der Waals surface area contributed by atoms with Gasteiger partial charge in [-0.2, -0.15) is 13.9 Å². The van der Waals surface area contributed by atoms with E-state index in [1.165, 1.54) is 29.1 Å². The van der Waals surface area contributed by atoms with Crippen LogP contribution < -0.4 is 5.73 Å². The molecule has 2 amide bonds. The number of fused-ring (bicyclic) bond motifs is 1. The molecule has 0 aromatic carbocycles. The molecule has 0 unspecified atom stereocenters. The van der Waals surface area contributed by atoms with Crippen molar-refractivity contribution in [1.82, 2.24) is 24.6 Å². The minimum atomic E-state index is -3.13. The lowest BCUT2D eigenvalue weighted by Crippen LogP contribution is -2.42. The van der Waals surface area contributed by atoms with Crippen molar-refractivity contribution in [2.24, 2.45) is 5.73 Å². The first kappa shape index (κ1) is 18.9. The Morgan fingerprint density at radius 2 is 2.03 bits per heavy atom. The Labute approximate surface area is 164 Å². The summed E-state index contributed by atoms with van der Waals surface area (Å²) in [5.41, 5.74) is 5.81. The quantitative estimate of drug-likeness (QED) is 0.703. The summed E-state index contributed by atoms with van der Waals surface area (Å²) in [4.78, 5) is 33.9. The van der Waals surface area contributed by atoms with E-state index in [-0.39, 0.29) is 23.8 Å². The fraction of sp³-hybridized carbons (Fsp3) is 0.316. The molecule has 0 bridgehead atoms. The van der Waals surface area contributed by atoms with Crippen molar-refractivity contribution in [2.75, 3.05) is 13.1 Å². The number of amides is 2. The lowest BCUT2D eigenvalue weighted by molar-refractivity contribution is -0.117. The Morgan fingerprint density at radius 3 is 2.66 bits per heavy atom. The SMILES string of the molecule is CC(F)(F)c1cccc(-n2nc(C(=O)N3CCC3)c3cnc(CC(N)=O)cc32)n1. The Morgan fingerprint density at radius 1 is 1.28 bits per heavy atom. The summed E-state index contributed by atoms with van der Waals surface area (Å²) in [6.45, 7) is 2.03. The number of aromatic nitrogens is 4. The number of likely N-dealkylation sites (tertiary alicyclic amines) is 1. The predicted octanol–water partition coefficient (Wildman–Crippen LogP) is 1.80. The van der Waals surface area contributed by atoms with Gasteiger partial charge in [-0.15, -0.1) is 0 Å². The number of alkyl halides is 2. The van der Waals surface area contributed by atoms with E-state index in [1.54, 1.807) is 11.0 Å². The van der Waals surface area contributed by atoms with Crippen molar-refractivity contribution >= 4 is 22.7 Å². The van der Waals surface area contributed by atoms with Crippen molar-refractivity contribution in [1.29, 1.82) is 0 Å². The molecule has 0 atom stereocenters. The molecular weight excluding hydrogens is 382 g/mol. The highest BCUT2D eigenvalue weighted by atomic mass is 19.3. The third-order valence-corrected chi connectivity index (χ3v) is 4.72. The zero-order valence-electron chi connectivity index (χ0n) is 15.6. The molecule has 1 aliphatic heterocycles. The molecule has 0 spiro atoms. The molecule has 4 rings (SSSR count). The second kappa shape index (κ2) is 6.87. The summed E-state index contributed by atoms with van der Waals surface area (Å²) in [6, 6.07) is 5.76. The van der Waals surface area contributed by atoms with Gasteiger partial charge in [-0.25, -0.2) is 9.67 Å². The molecule has 10 heteroatoms. The van der Waals surface area contributed by atoms with Crippen LogP contribution in [0.5, 0.6) is 0 Å². The van der Waals surface area contributed by atoms with Gasteiger partial charge in [-0.3, -0.25) is 14.6 Å². The molecule has 1 fully saturated rings. The molecule has 3 aromatic rings. The van der Waals surface area contributed by atoms with Crippen LogP contribution in [0.15, 0.2) is 30.5 Å². The highest BCUT2D eigenvalue weighted by molar-refractivity contribution is 6.05. The Bertz CT molecular complexity index is 1120. The van der Waals surface area contributed by atoms with E-state index in [9.17, 15) is 18.4 Å². The third kappa shape index (κ3) is 3.53. The standard InChI is InChI=1S/C19H18F2N6O2/c1-19(20,21)14-4-2-5-16(24-14)27-13-8-11(9-15(22)28)23-10-12(13)17(25-27)18(29)26-6-3-7-26/h2,4-5,8,10H,3,6-7,9H2,1H3,(H2,22,28). The number of pyridine rings is 2. The predicted molar refractivity (Wildman–Crippen MR) is 99.6 cm³/mol. The highest BCUT2D eigenvalue weighted by Gasteiger charge is 2.29. The molecule has 0 radical (unpaired) electrons. The van der Waals surface area contributed by atoms with Crippen LogP contribution in [0.1, 0.15) is 35.2 Å². The first-order valence-corrected chi connectivity index (χ1v) is 9.05. The number of nitrogens with zero attached hydrogens (tertiary/aromatic N) is 5. The second-order valence-electron chi connectivity index (χ2n) is 7.01. The number of hydrogen-bond donors (Lipinski definition) is 1. The molecule has 8 nitrogen and oxygen atoms in total. The van der Waals surface area contributed by atoms with Crippen LogP contribution in [0.4, 0.5) is 8.78 Å². The second-order valence-corrected chi connectivity index (χ2v) is 7.01. The fourth-order valence-electron chi connectivity index (χ4n) is 3.11. The molecule has 0 saturated carbocycles. The minimum absolute atomic E-state index is 0.100. The van der Waals surface area contributed by atoms with Crippen LogP contribution in [-0.4, -0.2) is 49.6 Å². The van der Waals surface area contributed by atoms with Gasteiger partial charge >= 0.3 is 0 Å². The summed E-state index contributed by atoms with van der Waals surface area (Å²) in [5.74, 6) is -3.83. The van der Waals surface area contributed by atoms with Crippen molar-refractivity contribution in [3.8, 4) is 5.82 Å². The summed E-state index contributed by atoms with van der Waals surface area (Å²) in [5, 5.41) is 4.82. The Hall–Kier alpha value is -3.43. The van der Waals surface area contributed by atoms with E-state index < -0.39 is 17.5 Å². The largest absolute Gasteiger partial charge is 0.369 e. The van der Waals surface area contributed by atoms with Crippen LogP contribution >= 0.6 is 0 Å². The maximum atomic E-state index is 13.8. The number of carbonyl (C=O) groups excluding carboxylic acids is 2. The van der Waals surface area contributed by atoms with Crippen molar-refractivity contribution in [3.63, 3.8) is 0 Å². The van der Waals surface area contributed by atoms with Crippen LogP contribution in [0.2, 0.25) is 0 Å². The van der Waals surface area contributed by atoms with Gasteiger partial charge in [-0.05, 0) is 24.6 Å².